The number of ether oxygens (including phenoxy) is 1. The van der Waals surface area contributed by atoms with Crippen LogP contribution in [0.1, 0.15) is 34.1 Å². The molecule has 1 saturated heterocycles. The predicted octanol–water partition coefficient (Wildman–Crippen LogP) is 2.53. The lowest BCUT2D eigenvalue weighted by atomic mass is 10.0. The van der Waals surface area contributed by atoms with Crippen molar-refractivity contribution in [3.63, 3.8) is 0 Å². The lowest BCUT2D eigenvalue weighted by molar-refractivity contribution is -0.132. The summed E-state index contributed by atoms with van der Waals surface area (Å²) in [5.41, 5.74) is -0.376. The number of nitrogens with zero attached hydrogens (tertiary/aromatic N) is 1. The fourth-order valence-corrected chi connectivity index (χ4v) is 2.26. The Hall–Kier alpha value is -0.220. The summed E-state index contributed by atoms with van der Waals surface area (Å²) in [5, 5.41) is 0. The minimum atomic E-state index is -2.63. The van der Waals surface area contributed by atoms with E-state index in [1.807, 2.05) is 20.8 Å². The molecular formula is C11H21F2NO. The van der Waals surface area contributed by atoms with Gasteiger partial charge in [-0.25, -0.2) is 8.78 Å². The molecule has 4 heteroatoms. The van der Waals surface area contributed by atoms with Crippen molar-refractivity contribution in [2.45, 2.75) is 57.8 Å². The Kier molecular flexibility index (Phi) is 3.41. The summed E-state index contributed by atoms with van der Waals surface area (Å²) in [6, 6.07) is -0.795. The third-order valence-corrected chi connectivity index (χ3v) is 2.69. The Labute approximate surface area is 90.6 Å². The zero-order valence-electron chi connectivity index (χ0n) is 10.2. The maximum absolute atomic E-state index is 13.6. The number of hydrogen-bond donors (Lipinski definition) is 0. The van der Waals surface area contributed by atoms with Gasteiger partial charge in [0.05, 0.1) is 17.7 Å². The van der Waals surface area contributed by atoms with E-state index < -0.39 is 18.1 Å². The minimum absolute atomic E-state index is 0.0635. The van der Waals surface area contributed by atoms with Gasteiger partial charge in [-0.05, 0) is 34.7 Å². The zero-order chi connectivity index (χ0) is 11.9. The first kappa shape index (κ1) is 12.8. The third kappa shape index (κ3) is 3.11. The second-order valence-corrected chi connectivity index (χ2v) is 5.37. The smallest absolute Gasteiger partial charge is 0.267 e. The van der Waals surface area contributed by atoms with E-state index in [-0.39, 0.29) is 12.0 Å². The molecule has 0 spiro atoms. The number of likely N-dealkylation sites (N-methyl/N-ethyl adjacent to an activating group) is 1. The van der Waals surface area contributed by atoms with Gasteiger partial charge in [-0.3, -0.25) is 4.90 Å². The van der Waals surface area contributed by atoms with Gasteiger partial charge in [-0.2, -0.15) is 0 Å². The summed E-state index contributed by atoms with van der Waals surface area (Å²) >= 11 is 0. The summed E-state index contributed by atoms with van der Waals surface area (Å²) in [5.74, 6) is -2.63. The number of alkyl halides is 2. The van der Waals surface area contributed by atoms with Crippen molar-refractivity contribution in [2.75, 3.05) is 13.6 Å². The molecule has 0 unspecified atom stereocenters. The first-order chi connectivity index (χ1) is 6.63. The average molecular weight is 221 g/mol. The lowest BCUT2D eigenvalue weighted by Crippen LogP contribution is -2.48. The van der Waals surface area contributed by atoms with Gasteiger partial charge in [0.1, 0.15) is 0 Å². The van der Waals surface area contributed by atoms with E-state index in [2.05, 4.69) is 0 Å². The summed E-state index contributed by atoms with van der Waals surface area (Å²) in [7, 11) is 1.73. The number of halogens is 2. The highest BCUT2D eigenvalue weighted by atomic mass is 19.3. The van der Waals surface area contributed by atoms with E-state index in [1.54, 1.807) is 18.9 Å². The molecule has 0 aromatic rings. The Balaban J connectivity index is 2.69. The summed E-state index contributed by atoms with van der Waals surface area (Å²) in [6.07, 6.45) is -0.515. The van der Waals surface area contributed by atoms with E-state index in [0.717, 1.165) is 0 Å². The molecule has 1 aliphatic rings. The Morgan fingerprint density at radius 3 is 2.27 bits per heavy atom. The molecule has 0 radical (unpaired) electrons. The van der Waals surface area contributed by atoms with E-state index in [9.17, 15) is 8.78 Å². The number of likely N-dealkylation sites (tertiary alicyclic amines) is 1. The molecule has 0 amide bonds. The van der Waals surface area contributed by atoms with Gasteiger partial charge in [-0.15, -0.1) is 0 Å². The minimum Gasteiger partial charge on any atom is -0.371 e. The van der Waals surface area contributed by atoms with Crippen LogP contribution in [0.2, 0.25) is 0 Å². The highest BCUT2D eigenvalue weighted by Gasteiger charge is 2.50. The monoisotopic (exact) mass is 221 g/mol. The van der Waals surface area contributed by atoms with Gasteiger partial charge >= 0.3 is 0 Å². The topological polar surface area (TPSA) is 12.5 Å². The second-order valence-electron chi connectivity index (χ2n) is 5.37. The molecule has 0 aromatic carbocycles. The zero-order valence-corrected chi connectivity index (χ0v) is 10.2. The molecule has 1 heterocycles. The fourth-order valence-electron chi connectivity index (χ4n) is 2.26. The first-order valence-electron chi connectivity index (χ1n) is 5.39. The first-order valence-corrected chi connectivity index (χ1v) is 5.39. The number of rotatable bonds is 2. The van der Waals surface area contributed by atoms with Crippen LogP contribution in [0.4, 0.5) is 8.78 Å². The summed E-state index contributed by atoms with van der Waals surface area (Å²) < 4.78 is 32.7. The van der Waals surface area contributed by atoms with Crippen LogP contribution >= 0.6 is 0 Å². The predicted molar refractivity (Wildman–Crippen MR) is 56.3 cm³/mol. The molecule has 1 aliphatic heterocycles. The molecule has 0 aromatic heterocycles. The van der Waals surface area contributed by atoms with E-state index >= 15 is 0 Å². The van der Waals surface area contributed by atoms with Crippen molar-refractivity contribution in [1.29, 1.82) is 0 Å². The van der Waals surface area contributed by atoms with Crippen LogP contribution in [0, 0.1) is 0 Å². The molecule has 0 aliphatic carbocycles. The van der Waals surface area contributed by atoms with Gasteiger partial charge in [0, 0.05) is 13.0 Å². The van der Waals surface area contributed by atoms with Crippen molar-refractivity contribution >= 4 is 0 Å². The van der Waals surface area contributed by atoms with Crippen LogP contribution < -0.4 is 0 Å². The molecule has 90 valence electrons. The van der Waals surface area contributed by atoms with Crippen LogP contribution in [0.5, 0.6) is 0 Å². The Morgan fingerprint density at radius 1 is 1.40 bits per heavy atom. The highest BCUT2D eigenvalue weighted by molar-refractivity contribution is 4.95. The molecule has 2 nitrogen and oxygen atoms in total. The molecule has 15 heavy (non-hydrogen) atoms. The SMILES string of the molecule is C[C@H](OC(C)(C)C)[C@H]1N(C)CCC1(F)F. The largest absolute Gasteiger partial charge is 0.371 e. The highest BCUT2D eigenvalue weighted by Crippen LogP contribution is 2.36. The van der Waals surface area contributed by atoms with Gasteiger partial charge in [0.25, 0.3) is 5.92 Å². The van der Waals surface area contributed by atoms with Gasteiger partial charge in [-0.1, -0.05) is 0 Å². The van der Waals surface area contributed by atoms with Crippen LogP contribution in [0.25, 0.3) is 0 Å². The Morgan fingerprint density at radius 2 is 1.93 bits per heavy atom. The van der Waals surface area contributed by atoms with Crippen molar-refractivity contribution in [2.24, 2.45) is 0 Å². The molecule has 1 rings (SSSR count). The van der Waals surface area contributed by atoms with Crippen molar-refractivity contribution in [3.05, 3.63) is 0 Å². The number of hydrogen-bond acceptors (Lipinski definition) is 2. The molecular weight excluding hydrogens is 200 g/mol. The molecule has 0 saturated carbocycles. The summed E-state index contributed by atoms with van der Waals surface area (Å²) in [4.78, 5) is 1.69. The van der Waals surface area contributed by atoms with E-state index in [4.69, 9.17) is 4.74 Å². The standard InChI is InChI=1S/C11H21F2NO/c1-8(15-10(2,3)4)9-11(12,13)6-7-14(9)5/h8-9H,6-7H2,1-5H3/t8-,9+/m0/s1. The van der Waals surface area contributed by atoms with Crippen molar-refractivity contribution in [1.82, 2.24) is 4.90 Å². The fraction of sp³-hybridized carbons (Fsp3) is 1.00. The van der Waals surface area contributed by atoms with Gasteiger partial charge in [0.15, 0.2) is 0 Å². The van der Waals surface area contributed by atoms with Crippen LogP contribution in [0.15, 0.2) is 0 Å². The second kappa shape index (κ2) is 3.98. The van der Waals surface area contributed by atoms with Gasteiger partial charge in [0.2, 0.25) is 0 Å². The normalized spacial score (nSPS) is 29.4. The van der Waals surface area contributed by atoms with E-state index in [1.165, 1.54) is 0 Å². The quantitative estimate of drug-likeness (QED) is 0.710. The molecule has 1 fully saturated rings. The van der Waals surface area contributed by atoms with Crippen LogP contribution in [-0.2, 0) is 4.74 Å². The van der Waals surface area contributed by atoms with Gasteiger partial charge < -0.3 is 4.74 Å². The Bertz CT molecular complexity index is 225. The van der Waals surface area contributed by atoms with Crippen LogP contribution in [0.3, 0.4) is 0 Å². The van der Waals surface area contributed by atoms with E-state index in [0.29, 0.717) is 6.54 Å². The molecule has 0 N–H and O–H groups in total. The van der Waals surface area contributed by atoms with Crippen molar-refractivity contribution < 1.29 is 13.5 Å². The lowest BCUT2D eigenvalue weighted by Gasteiger charge is -2.34. The summed E-state index contributed by atoms with van der Waals surface area (Å²) in [6.45, 7) is 7.82. The van der Waals surface area contributed by atoms with Crippen molar-refractivity contribution in [3.8, 4) is 0 Å². The van der Waals surface area contributed by atoms with Crippen LogP contribution in [-0.4, -0.2) is 42.2 Å². The maximum atomic E-state index is 13.6. The average Bonchev–Trinajstić information content (AvgIpc) is 2.21. The third-order valence-electron chi connectivity index (χ3n) is 2.69. The molecule has 0 bridgehead atoms. The molecule has 2 atom stereocenters. The maximum Gasteiger partial charge on any atom is 0.267 e.